The molecule has 0 bridgehead atoms. The number of benzene rings is 4. The lowest BCUT2D eigenvalue weighted by Crippen LogP contribution is -2.29. The fraction of sp³-hybridized carbons (Fsp3) is 0.138. The van der Waals surface area contributed by atoms with Crippen molar-refractivity contribution in [3.8, 4) is 45.3 Å². The van der Waals surface area contributed by atoms with Gasteiger partial charge in [0.15, 0.2) is 11.5 Å². The predicted octanol–water partition coefficient (Wildman–Crippen LogP) is 7.62. The fourth-order valence-corrected chi connectivity index (χ4v) is 4.23. The van der Waals surface area contributed by atoms with Crippen LogP contribution in [0.4, 0.5) is 23.2 Å². The zero-order valence-electron chi connectivity index (χ0n) is 21.1. The molecule has 4 rings (SSSR count). The van der Waals surface area contributed by atoms with Gasteiger partial charge in [0.1, 0.15) is 23.9 Å². The maximum absolute atomic E-state index is 15.0. The lowest BCUT2D eigenvalue weighted by molar-refractivity contribution is -0.167. The highest BCUT2D eigenvalue weighted by atomic mass is 35.5. The van der Waals surface area contributed by atoms with E-state index in [4.69, 9.17) is 25.8 Å². The van der Waals surface area contributed by atoms with Crippen molar-refractivity contribution in [2.45, 2.75) is 12.8 Å². The van der Waals surface area contributed by atoms with Crippen molar-refractivity contribution in [3.63, 3.8) is 0 Å². The summed E-state index contributed by atoms with van der Waals surface area (Å²) in [5.41, 5.74) is 1.13. The third-order valence-corrected chi connectivity index (χ3v) is 6.17. The summed E-state index contributed by atoms with van der Waals surface area (Å²) < 4.78 is 69.4. The third-order valence-electron chi connectivity index (χ3n) is 5.87. The van der Waals surface area contributed by atoms with Crippen LogP contribution in [-0.4, -0.2) is 31.4 Å². The van der Waals surface area contributed by atoms with Crippen LogP contribution in [0.5, 0.6) is 23.0 Å². The van der Waals surface area contributed by atoms with E-state index in [1.54, 1.807) is 23.5 Å². The highest BCUT2D eigenvalue weighted by Gasteiger charge is 2.38. The van der Waals surface area contributed by atoms with Gasteiger partial charge in [-0.3, -0.25) is 4.79 Å². The first-order valence-corrected chi connectivity index (χ1v) is 12.0. The molecule has 0 aliphatic carbocycles. The Bertz CT molecular complexity index is 1540. The van der Waals surface area contributed by atoms with Crippen molar-refractivity contribution in [2.24, 2.45) is 0 Å². The number of nitrogens with one attached hydrogen (secondary N) is 1. The minimum Gasteiger partial charge on any atom is -0.504 e. The van der Waals surface area contributed by atoms with E-state index in [9.17, 15) is 23.1 Å². The summed E-state index contributed by atoms with van der Waals surface area (Å²) >= 11 is 6.47. The molecule has 40 heavy (non-hydrogen) atoms. The molecule has 0 saturated heterocycles. The molecule has 4 aromatic rings. The Labute approximate surface area is 231 Å². The lowest BCUT2D eigenvalue weighted by Gasteiger charge is -2.19. The van der Waals surface area contributed by atoms with Gasteiger partial charge in [-0.25, -0.2) is 4.39 Å². The predicted molar refractivity (Wildman–Crippen MR) is 143 cm³/mol. The SMILES string of the molecule is COc1cc(-c2ccc(NC(=O)C(F)(F)F)cc2F)c(OC)c(O)c1-c1ccc(OCc2ccccc2)c(Cl)c1. The Morgan fingerprint density at radius 2 is 1.65 bits per heavy atom. The number of carbonyl (C=O) groups excluding carboxylic acids is 1. The van der Waals surface area contributed by atoms with E-state index >= 15 is 4.39 Å². The van der Waals surface area contributed by atoms with E-state index in [0.717, 1.165) is 23.8 Å². The molecular weight excluding hydrogens is 554 g/mol. The maximum atomic E-state index is 15.0. The molecule has 0 unspecified atom stereocenters. The number of ether oxygens (including phenoxy) is 3. The number of methoxy groups -OCH3 is 2. The normalized spacial score (nSPS) is 11.2. The molecule has 0 fully saturated rings. The minimum absolute atomic E-state index is 0.0562. The van der Waals surface area contributed by atoms with Gasteiger partial charge in [0.25, 0.3) is 0 Å². The number of anilines is 1. The molecule has 1 amide bonds. The molecule has 0 aliphatic rings. The molecule has 0 aromatic heterocycles. The number of halogens is 5. The number of aromatic hydroxyl groups is 1. The molecule has 4 aromatic carbocycles. The second-order valence-corrected chi connectivity index (χ2v) is 8.86. The van der Waals surface area contributed by atoms with Crippen molar-refractivity contribution in [2.75, 3.05) is 19.5 Å². The molecule has 11 heteroatoms. The molecule has 0 aliphatic heterocycles. The molecule has 0 spiro atoms. The number of carbonyl (C=O) groups is 1. The summed E-state index contributed by atoms with van der Waals surface area (Å²) in [5, 5.41) is 13.0. The second-order valence-electron chi connectivity index (χ2n) is 8.45. The second kappa shape index (κ2) is 11.7. The first kappa shape index (κ1) is 28.6. The fourth-order valence-electron chi connectivity index (χ4n) is 4.00. The monoisotopic (exact) mass is 575 g/mol. The van der Waals surface area contributed by atoms with Gasteiger partial charge in [0.05, 0.1) is 24.8 Å². The first-order chi connectivity index (χ1) is 19.0. The summed E-state index contributed by atoms with van der Waals surface area (Å²) in [6, 6.07) is 18.7. The standard InChI is InChI=1S/C29H22ClF4NO5/c1-38-24-14-20(19-10-9-18(13-22(19)31)35-28(37)29(32,33)34)27(39-2)26(36)25(24)17-8-11-23(21(30)12-17)40-15-16-6-4-3-5-7-16/h3-14,36H,15H2,1-2H3,(H,35,37). The molecule has 0 saturated carbocycles. The number of phenolic OH excluding ortho intramolecular Hbond substituents is 1. The van der Waals surface area contributed by atoms with E-state index in [1.165, 1.54) is 20.3 Å². The van der Waals surface area contributed by atoms with Gasteiger partial charge < -0.3 is 24.6 Å². The molecule has 0 radical (unpaired) electrons. The minimum atomic E-state index is -5.14. The summed E-state index contributed by atoms with van der Waals surface area (Å²) in [6.07, 6.45) is -5.14. The number of amides is 1. The Morgan fingerprint density at radius 3 is 2.25 bits per heavy atom. The first-order valence-electron chi connectivity index (χ1n) is 11.7. The van der Waals surface area contributed by atoms with Gasteiger partial charge in [0.2, 0.25) is 0 Å². The van der Waals surface area contributed by atoms with Crippen molar-refractivity contribution < 1.29 is 41.7 Å². The molecule has 6 nitrogen and oxygen atoms in total. The number of alkyl halides is 3. The van der Waals surface area contributed by atoms with E-state index in [2.05, 4.69) is 0 Å². The van der Waals surface area contributed by atoms with Gasteiger partial charge in [-0.05, 0) is 47.5 Å². The van der Waals surface area contributed by atoms with Gasteiger partial charge >= 0.3 is 12.1 Å². The van der Waals surface area contributed by atoms with E-state index in [0.29, 0.717) is 17.9 Å². The largest absolute Gasteiger partial charge is 0.504 e. The van der Waals surface area contributed by atoms with E-state index < -0.39 is 23.6 Å². The van der Waals surface area contributed by atoms with Gasteiger partial charge in [-0.1, -0.05) is 48.0 Å². The van der Waals surface area contributed by atoms with Crippen LogP contribution in [0.25, 0.3) is 22.3 Å². The van der Waals surface area contributed by atoms with Crippen molar-refractivity contribution >= 4 is 23.2 Å². The third kappa shape index (κ3) is 6.07. The molecule has 0 atom stereocenters. The zero-order valence-corrected chi connectivity index (χ0v) is 21.9. The topological polar surface area (TPSA) is 77.0 Å². The van der Waals surface area contributed by atoms with Crippen molar-refractivity contribution in [3.05, 3.63) is 89.2 Å². The Balaban J connectivity index is 1.69. The smallest absolute Gasteiger partial charge is 0.471 e. The highest BCUT2D eigenvalue weighted by molar-refractivity contribution is 6.32. The molecule has 208 valence electrons. The summed E-state index contributed by atoms with van der Waals surface area (Å²) in [4.78, 5) is 11.2. The number of hydrogen-bond acceptors (Lipinski definition) is 5. The average molecular weight is 576 g/mol. The van der Waals surface area contributed by atoms with Crippen LogP contribution in [-0.2, 0) is 11.4 Å². The van der Waals surface area contributed by atoms with Gasteiger partial charge in [-0.15, -0.1) is 0 Å². The van der Waals surface area contributed by atoms with Crippen LogP contribution in [0.2, 0.25) is 5.02 Å². The summed E-state index contributed by atoms with van der Waals surface area (Å²) in [6.45, 7) is 0.293. The Morgan fingerprint density at radius 1 is 0.925 bits per heavy atom. The Kier molecular flexibility index (Phi) is 8.39. The number of phenols is 1. The number of hydrogen-bond donors (Lipinski definition) is 2. The summed E-state index contributed by atoms with van der Waals surface area (Å²) in [5.74, 6) is -3.18. The molecule has 2 N–H and O–H groups in total. The van der Waals surface area contributed by atoms with Crippen molar-refractivity contribution in [1.82, 2.24) is 0 Å². The van der Waals surface area contributed by atoms with Gasteiger partial charge in [-0.2, -0.15) is 13.2 Å². The van der Waals surface area contributed by atoms with Crippen LogP contribution in [0, 0.1) is 5.82 Å². The number of rotatable bonds is 8. The van der Waals surface area contributed by atoms with Crippen LogP contribution in [0.15, 0.2) is 72.8 Å². The van der Waals surface area contributed by atoms with Gasteiger partial charge in [0, 0.05) is 16.8 Å². The quantitative estimate of drug-likeness (QED) is 0.211. The van der Waals surface area contributed by atoms with Crippen LogP contribution in [0.1, 0.15) is 5.56 Å². The van der Waals surface area contributed by atoms with Crippen LogP contribution >= 0.6 is 11.6 Å². The Hall–Kier alpha value is -4.44. The van der Waals surface area contributed by atoms with E-state index in [-0.39, 0.29) is 39.0 Å². The lowest BCUT2D eigenvalue weighted by atomic mass is 9.96. The zero-order chi connectivity index (χ0) is 29.0. The highest BCUT2D eigenvalue weighted by Crippen LogP contribution is 2.50. The van der Waals surface area contributed by atoms with Crippen molar-refractivity contribution in [1.29, 1.82) is 0 Å². The molecular formula is C29H22ClF4NO5. The summed E-state index contributed by atoms with van der Waals surface area (Å²) in [7, 11) is 2.61. The average Bonchev–Trinajstić information content (AvgIpc) is 2.92. The van der Waals surface area contributed by atoms with Crippen LogP contribution < -0.4 is 19.5 Å². The molecule has 0 heterocycles. The van der Waals surface area contributed by atoms with E-state index in [1.807, 2.05) is 30.3 Å². The maximum Gasteiger partial charge on any atom is 0.471 e. The van der Waals surface area contributed by atoms with Crippen LogP contribution in [0.3, 0.4) is 0 Å².